The normalized spacial score (nSPS) is 17.8. The van der Waals surface area contributed by atoms with E-state index in [1.54, 1.807) is 0 Å². The number of hydrogen-bond acceptors (Lipinski definition) is 4. The summed E-state index contributed by atoms with van der Waals surface area (Å²) in [5, 5.41) is 2.81. The van der Waals surface area contributed by atoms with E-state index in [0.29, 0.717) is 12.1 Å². The topological polar surface area (TPSA) is 81.1 Å². The summed E-state index contributed by atoms with van der Waals surface area (Å²) in [6.45, 7) is 0.681. The van der Waals surface area contributed by atoms with Crippen molar-refractivity contribution < 1.29 is 17.6 Å². The number of sulfone groups is 1. The van der Waals surface area contributed by atoms with Crippen LogP contribution in [0.1, 0.15) is 42.6 Å². The van der Waals surface area contributed by atoms with Gasteiger partial charge in [-0.15, -0.1) is 0 Å². The van der Waals surface area contributed by atoms with E-state index in [1.807, 2.05) is 0 Å². The smallest absolute Gasteiger partial charge is 0.270 e. The number of benzene rings is 1. The molecule has 1 N–H and O–H groups in total. The van der Waals surface area contributed by atoms with E-state index in [2.05, 4.69) is 16.4 Å². The highest BCUT2D eigenvalue weighted by Gasteiger charge is 2.35. The minimum Gasteiger partial charge on any atom is -0.350 e. The van der Waals surface area contributed by atoms with Crippen molar-refractivity contribution in [2.75, 3.05) is 12.3 Å². The van der Waals surface area contributed by atoms with Gasteiger partial charge in [-0.05, 0) is 56.4 Å². The molecule has 0 atom stereocenters. The monoisotopic (exact) mass is 403 g/mol. The van der Waals surface area contributed by atoms with Crippen molar-refractivity contribution in [2.24, 2.45) is 0 Å². The quantitative estimate of drug-likeness (QED) is 0.778. The zero-order valence-corrected chi connectivity index (χ0v) is 16.3. The predicted octanol–water partition coefficient (Wildman–Crippen LogP) is 3.10. The Kier molecular flexibility index (Phi) is 5.05. The first-order valence-electron chi connectivity index (χ1n) is 9.51. The number of rotatable bonds is 5. The average molecular weight is 403 g/mol. The van der Waals surface area contributed by atoms with Crippen LogP contribution in [0, 0.1) is 5.82 Å². The highest BCUT2D eigenvalue weighted by molar-refractivity contribution is 7.91. The summed E-state index contributed by atoms with van der Waals surface area (Å²) < 4.78 is 39.3. The Hall–Kier alpha value is -2.48. The summed E-state index contributed by atoms with van der Waals surface area (Å²) in [7, 11) is -3.51. The molecule has 0 saturated heterocycles. The number of imidazole rings is 1. The first-order valence-corrected chi connectivity index (χ1v) is 11.2. The Morgan fingerprint density at radius 2 is 2.00 bits per heavy atom. The van der Waals surface area contributed by atoms with Crippen LogP contribution in [0.15, 0.2) is 41.1 Å². The lowest BCUT2D eigenvalue weighted by Gasteiger charge is -2.13. The second kappa shape index (κ2) is 7.50. The molecule has 1 aromatic heterocycles. The van der Waals surface area contributed by atoms with E-state index in [-0.39, 0.29) is 34.7 Å². The minimum atomic E-state index is -3.51. The van der Waals surface area contributed by atoms with Crippen LogP contribution in [-0.2, 0) is 16.4 Å². The van der Waals surface area contributed by atoms with Crippen LogP contribution in [0.25, 0.3) is 11.3 Å². The van der Waals surface area contributed by atoms with Crippen molar-refractivity contribution in [3.63, 3.8) is 0 Å². The first-order chi connectivity index (χ1) is 13.5. The second-order valence-corrected chi connectivity index (χ2v) is 9.19. The molecule has 28 heavy (non-hydrogen) atoms. The molecule has 2 aliphatic rings. The molecule has 0 saturated carbocycles. The standard InChI is InChI=1S/C20H22FN3O3S/c21-16-8-6-15(7-9-16)17-18(24-12-13-28(26,27)20(24)23-17)19(25)22-11-10-14-4-2-1-3-5-14/h4,6-9H,1-3,5,10-13H2,(H,22,25). The molecule has 0 unspecified atom stereocenters. The fourth-order valence-electron chi connectivity index (χ4n) is 3.77. The van der Waals surface area contributed by atoms with Crippen LogP contribution in [0.4, 0.5) is 4.39 Å². The average Bonchev–Trinajstić information content (AvgIpc) is 3.21. The largest absolute Gasteiger partial charge is 0.350 e. The van der Waals surface area contributed by atoms with Crippen molar-refractivity contribution in [1.29, 1.82) is 0 Å². The molecule has 2 aromatic rings. The summed E-state index contributed by atoms with van der Waals surface area (Å²) in [6.07, 6.45) is 7.58. The summed E-state index contributed by atoms with van der Waals surface area (Å²) in [5.74, 6) is -0.826. The van der Waals surface area contributed by atoms with Crippen molar-refractivity contribution in [3.05, 3.63) is 47.4 Å². The molecule has 0 spiro atoms. The summed E-state index contributed by atoms with van der Waals surface area (Å²) >= 11 is 0. The maximum atomic E-state index is 13.3. The zero-order chi connectivity index (χ0) is 19.7. The number of fused-ring (bicyclic) bond motifs is 1. The molecular weight excluding hydrogens is 381 g/mol. The van der Waals surface area contributed by atoms with E-state index in [1.165, 1.54) is 47.2 Å². The van der Waals surface area contributed by atoms with Crippen LogP contribution < -0.4 is 5.32 Å². The molecule has 0 radical (unpaired) electrons. The van der Waals surface area contributed by atoms with E-state index >= 15 is 0 Å². The maximum Gasteiger partial charge on any atom is 0.270 e. The lowest BCUT2D eigenvalue weighted by molar-refractivity contribution is 0.0945. The Bertz CT molecular complexity index is 1040. The molecule has 148 valence electrons. The fraction of sp³-hybridized carbons (Fsp3) is 0.400. The van der Waals surface area contributed by atoms with E-state index in [0.717, 1.165) is 19.3 Å². The molecule has 2 heterocycles. The van der Waals surface area contributed by atoms with Crippen LogP contribution in [0.3, 0.4) is 0 Å². The van der Waals surface area contributed by atoms with Crippen LogP contribution in [-0.4, -0.2) is 36.2 Å². The van der Waals surface area contributed by atoms with Gasteiger partial charge in [0.05, 0.1) is 5.75 Å². The third kappa shape index (κ3) is 3.61. The van der Waals surface area contributed by atoms with Gasteiger partial charge in [0.25, 0.3) is 5.91 Å². The molecular formula is C20H22FN3O3S. The minimum absolute atomic E-state index is 0.0633. The number of aromatic nitrogens is 2. The number of carbonyl (C=O) groups is 1. The molecule has 1 aliphatic heterocycles. The molecule has 1 aliphatic carbocycles. The third-order valence-corrected chi connectivity index (χ3v) is 6.83. The predicted molar refractivity (Wildman–Crippen MR) is 103 cm³/mol. The number of nitrogens with zero attached hydrogens (tertiary/aromatic N) is 2. The summed E-state index contributed by atoms with van der Waals surface area (Å²) in [5.41, 5.74) is 2.36. The summed E-state index contributed by atoms with van der Waals surface area (Å²) in [6, 6.07) is 5.55. The van der Waals surface area contributed by atoms with Gasteiger partial charge in [-0.25, -0.2) is 17.8 Å². The molecule has 0 fully saturated rings. The van der Waals surface area contributed by atoms with Gasteiger partial charge in [-0.3, -0.25) is 4.79 Å². The van der Waals surface area contributed by atoms with Gasteiger partial charge in [0.15, 0.2) is 0 Å². The maximum absolute atomic E-state index is 13.3. The zero-order valence-electron chi connectivity index (χ0n) is 15.4. The Balaban J connectivity index is 1.62. The van der Waals surface area contributed by atoms with E-state index in [4.69, 9.17) is 0 Å². The van der Waals surface area contributed by atoms with Crippen LogP contribution in [0.2, 0.25) is 0 Å². The lowest BCUT2D eigenvalue weighted by atomic mass is 9.97. The van der Waals surface area contributed by atoms with Crippen molar-refractivity contribution in [3.8, 4) is 11.3 Å². The van der Waals surface area contributed by atoms with Crippen molar-refractivity contribution in [1.82, 2.24) is 14.9 Å². The Morgan fingerprint density at radius 3 is 2.71 bits per heavy atom. The molecule has 4 rings (SSSR count). The molecule has 1 aromatic carbocycles. The number of amides is 1. The van der Waals surface area contributed by atoms with Crippen molar-refractivity contribution >= 4 is 15.7 Å². The highest BCUT2D eigenvalue weighted by atomic mass is 32.2. The van der Waals surface area contributed by atoms with Gasteiger partial charge in [-0.1, -0.05) is 11.6 Å². The van der Waals surface area contributed by atoms with E-state index < -0.39 is 15.7 Å². The van der Waals surface area contributed by atoms with Gasteiger partial charge in [0.2, 0.25) is 15.0 Å². The molecule has 6 nitrogen and oxygen atoms in total. The first kappa shape index (κ1) is 18.9. The molecule has 0 bridgehead atoms. The second-order valence-electron chi connectivity index (χ2n) is 7.18. The van der Waals surface area contributed by atoms with Crippen molar-refractivity contribution in [2.45, 2.75) is 43.8 Å². The fourth-order valence-corrected chi connectivity index (χ4v) is 5.13. The number of nitrogens with one attached hydrogen (secondary N) is 1. The number of carbonyl (C=O) groups excluding carboxylic acids is 1. The Morgan fingerprint density at radius 1 is 1.21 bits per heavy atom. The number of hydrogen-bond donors (Lipinski definition) is 1. The van der Waals surface area contributed by atoms with Gasteiger partial charge in [0, 0.05) is 18.7 Å². The van der Waals surface area contributed by atoms with Crippen LogP contribution in [0.5, 0.6) is 0 Å². The van der Waals surface area contributed by atoms with E-state index in [9.17, 15) is 17.6 Å². The number of halogens is 1. The van der Waals surface area contributed by atoms with Crippen LogP contribution >= 0.6 is 0 Å². The van der Waals surface area contributed by atoms with Gasteiger partial charge in [0.1, 0.15) is 17.2 Å². The van der Waals surface area contributed by atoms with Gasteiger partial charge >= 0.3 is 0 Å². The highest BCUT2D eigenvalue weighted by Crippen LogP contribution is 2.30. The number of allylic oxidation sites excluding steroid dienone is 1. The molecule has 1 amide bonds. The van der Waals surface area contributed by atoms with Gasteiger partial charge < -0.3 is 9.88 Å². The van der Waals surface area contributed by atoms with Gasteiger partial charge in [-0.2, -0.15) is 0 Å². The summed E-state index contributed by atoms with van der Waals surface area (Å²) in [4.78, 5) is 17.2. The SMILES string of the molecule is O=C(NCCC1=CCCCC1)c1c(-c2ccc(F)cc2)nc2n1CCS2(=O)=O. The lowest BCUT2D eigenvalue weighted by Crippen LogP contribution is -2.27. The molecule has 8 heteroatoms. The third-order valence-electron chi connectivity index (χ3n) is 5.24. The Labute approximate surface area is 163 Å².